The second-order valence-electron chi connectivity index (χ2n) is 7.30. The van der Waals surface area contributed by atoms with Gasteiger partial charge in [0.2, 0.25) is 29.5 Å². The summed E-state index contributed by atoms with van der Waals surface area (Å²) in [6, 6.07) is -5.08. The van der Waals surface area contributed by atoms with E-state index in [1.165, 1.54) is 0 Å². The Hall–Kier alpha value is -2.87. The van der Waals surface area contributed by atoms with Crippen LogP contribution in [0, 0.1) is 5.92 Å². The lowest BCUT2D eigenvalue weighted by Gasteiger charge is -2.25. The SMILES string of the molecule is CCC(C)C(NC(=O)C(CS)NC(=O)C(CC(N)=O)NC(=O)C(N)CCC(N)=O)C(=O)O. The zero-order chi connectivity index (χ0) is 25.0. The van der Waals surface area contributed by atoms with Gasteiger partial charge in [0, 0.05) is 12.2 Å². The monoisotopic (exact) mass is 476 g/mol. The number of hydrogen-bond acceptors (Lipinski definition) is 8. The predicted molar refractivity (Wildman–Crippen MR) is 117 cm³/mol. The van der Waals surface area contributed by atoms with E-state index in [9.17, 15) is 33.9 Å². The third-order valence-electron chi connectivity index (χ3n) is 4.67. The van der Waals surface area contributed by atoms with E-state index >= 15 is 0 Å². The molecule has 5 unspecified atom stereocenters. The van der Waals surface area contributed by atoms with Crippen LogP contribution in [0.2, 0.25) is 0 Å². The summed E-state index contributed by atoms with van der Waals surface area (Å²) in [6.45, 7) is 3.41. The molecule has 5 amide bonds. The van der Waals surface area contributed by atoms with Crippen molar-refractivity contribution in [2.24, 2.45) is 23.1 Å². The van der Waals surface area contributed by atoms with E-state index in [1.54, 1.807) is 13.8 Å². The summed E-state index contributed by atoms with van der Waals surface area (Å²) >= 11 is 4.00. The van der Waals surface area contributed by atoms with E-state index in [-0.39, 0.29) is 24.5 Å². The Morgan fingerprint density at radius 3 is 1.88 bits per heavy atom. The topological polar surface area (TPSA) is 237 Å². The third kappa shape index (κ3) is 10.4. The van der Waals surface area contributed by atoms with Crippen LogP contribution in [0.1, 0.15) is 39.5 Å². The van der Waals surface area contributed by atoms with E-state index in [4.69, 9.17) is 17.2 Å². The Kier molecular flexibility index (Phi) is 13.0. The maximum Gasteiger partial charge on any atom is 0.326 e. The smallest absolute Gasteiger partial charge is 0.326 e. The molecule has 0 radical (unpaired) electrons. The quantitative estimate of drug-likeness (QED) is 0.113. The van der Waals surface area contributed by atoms with Crippen molar-refractivity contribution in [3.05, 3.63) is 0 Å². The van der Waals surface area contributed by atoms with Crippen LogP contribution in [-0.2, 0) is 28.8 Å². The van der Waals surface area contributed by atoms with Gasteiger partial charge in [-0.2, -0.15) is 12.6 Å². The number of primary amides is 2. The van der Waals surface area contributed by atoms with Crippen LogP contribution in [0.5, 0.6) is 0 Å². The lowest BCUT2D eigenvalue weighted by Crippen LogP contribution is -2.58. The molecule has 32 heavy (non-hydrogen) atoms. The van der Waals surface area contributed by atoms with Crippen molar-refractivity contribution in [3.63, 3.8) is 0 Å². The molecule has 0 bridgehead atoms. The van der Waals surface area contributed by atoms with Crippen molar-refractivity contribution in [2.45, 2.75) is 63.7 Å². The summed E-state index contributed by atoms with van der Waals surface area (Å²) < 4.78 is 0. The Morgan fingerprint density at radius 1 is 0.906 bits per heavy atom. The van der Waals surface area contributed by atoms with E-state index < -0.39 is 66.1 Å². The highest BCUT2D eigenvalue weighted by atomic mass is 32.1. The number of rotatable bonds is 15. The molecular weight excluding hydrogens is 444 g/mol. The van der Waals surface area contributed by atoms with Crippen LogP contribution in [0.25, 0.3) is 0 Å². The molecule has 13 nitrogen and oxygen atoms in total. The van der Waals surface area contributed by atoms with Gasteiger partial charge in [-0.05, 0) is 12.3 Å². The number of thiol groups is 1. The maximum atomic E-state index is 12.6. The zero-order valence-corrected chi connectivity index (χ0v) is 18.9. The van der Waals surface area contributed by atoms with Gasteiger partial charge in [-0.15, -0.1) is 0 Å². The summed E-state index contributed by atoms with van der Waals surface area (Å²) in [5.41, 5.74) is 15.8. The highest BCUT2D eigenvalue weighted by molar-refractivity contribution is 7.80. The highest BCUT2D eigenvalue weighted by Gasteiger charge is 2.32. The molecule has 0 aromatic carbocycles. The molecule has 0 rings (SSSR count). The minimum atomic E-state index is -1.46. The van der Waals surface area contributed by atoms with Gasteiger partial charge in [0.05, 0.1) is 12.5 Å². The van der Waals surface area contributed by atoms with Gasteiger partial charge in [-0.1, -0.05) is 20.3 Å². The lowest BCUT2D eigenvalue weighted by atomic mass is 9.99. The number of hydrogen-bond donors (Lipinski definition) is 8. The first-order valence-electron chi connectivity index (χ1n) is 9.90. The molecule has 0 fully saturated rings. The van der Waals surface area contributed by atoms with E-state index in [2.05, 4.69) is 28.6 Å². The van der Waals surface area contributed by atoms with Crippen LogP contribution >= 0.6 is 12.6 Å². The van der Waals surface area contributed by atoms with Crippen molar-refractivity contribution in [3.8, 4) is 0 Å². The fourth-order valence-electron chi connectivity index (χ4n) is 2.52. The minimum Gasteiger partial charge on any atom is -0.480 e. The molecular formula is C18H32N6O7S. The van der Waals surface area contributed by atoms with Gasteiger partial charge in [0.1, 0.15) is 18.1 Å². The number of carboxylic acids is 1. The number of carboxylic acid groups (broad SMARTS) is 1. The fourth-order valence-corrected chi connectivity index (χ4v) is 2.78. The average Bonchev–Trinajstić information content (AvgIpc) is 2.71. The normalized spacial score (nSPS) is 15.4. The van der Waals surface area contributed by atoms with Gasteiger partial charge < -0.3 is 38.3 Å². The number of amides is 5. The summed E-state index contributed by atoms with van der Waals surface area (Å²) in [6.07, 6.45) is -0.354. The molecule has 182 valence electrons. The molecule has 0 saturated carbocycles. The van der Waals surface area contributed by atoms with Gasteiger partial charge in [-0.25, -0.2) is 4.79 Å². The third-order valence-corrected chi connectivity index (χ3v) is 5.03. The van der Waals surface area contributed by atoms with E-state index in [0.29, 0.717) is 6.42 Å². The molecule has 0 spiro atoms. The Morgan fingerprint density at radius 2 is 1.44 bits per heavy atom. The second-order valence-corrected chi connectivity index (χ2v) is 7.66. The lowest BCUT2D eigenvalue weighted by molar-refractivity contribution is -0.143. The Bertz CT molecular complexity index is 720. The molecule has 0 aromatic rings. The molecule has 14 heteroatoms. The van der Waals surface area contributed by atoms with Gasteiger partial charge in [0.25, 0.3) is 0 Å². The fraction of sp³-hybridized carbons (Fsp3) is 0.667. The van der Waals surface area contributed by atoms with Crippen molar-refractivity contribution in [1.29, 1.82) is 0 Å². The van der Waals surface area contributed by atoms with Crippen molar-refractivity contribution >= 4 is 48.1 Å². The van der Waals surface area contributed by atoms with Crippen LogP contribution in [0.3, 0.4) is 0 Å². The summed E-state index contributed by atoms with van der Waals surface area (Å²) in [5.74, 6) is -5.95. The van der Waals surface area contributed by atoms with Gasteiger partial charge >= 0.3 is 5.97 Å². The first-order chi connectivity index (χ1) is 14.8. The standard InChI is InChI=1S/C18H32N6O7S/c1-3-8(2)14(18(30)31)24-17(29)11(7-32)23-16(28)10(6-13(21)26)22-15(27)9(19)4-5-12(20)25/h8-11,14,32H,3-7,19H2,1-2H3,(H2,20,25)(H2,21,26)(H,22,27)(H,23,28)(H,24,29)(H,30,31). The molecule has 0 aliphatic heterocycles. The number of nitrogens with two attached hydrogens (primary N) is 3. The molecule has 0 aromatic heterocycles. The largest absolute Gasteiger partial charge is 0.480 e. The maximum absolute atomic E-state index is 12.6. The Labute approximate surface area is 191 Å². The van der Waals surface area contributed by atoms with Gasteiger partial charge in [-0.3, -0.25) is 24.0 Å². The highest BCUT2D eigenvalue weighted by Crippen LogP contribution is 2.08. The summed E-state index contributed by atoms with van der Waals surface area (Å²) in [4.78, 5) is 70.9. The van der Waals surface area contributed by atoms with Crippen LogP contribution in [-0.4, -0.2) is 70.5 Å². The number of aliphatic carboxylic acids is 1. The first-order valence-corrected chi connectivity index (χ1v) is 10.5. The van der Waals surface area contributed by atoms with E-state index in [0.717, 1.165) is 0 Å². The Balaban J connectivity index is 5.28. The van der Waals surface area contributed by atoms with Crippen molar-refractivity contribution < 1.29 is 33.9 Å². The molecule has 0 saturated heterocycles. The second kappa shape index (κ2) is 14.2. The number of carbonyl (C=O) groups excluding carboxylic acids is 5. The van der Waals surface area contributed by atoms with Crippen LogP contribution < -0.4 is 33.2 Å². The van der Waals surface area contributed by atoms with E-state index in [1.807, 2.05) is 0 Å². The predicted octanol–water partition coefficient (Wildman–Crippen LogP) is -3.03. The van der Waals surface area contributed by atoms with Crippen LogP contribution in [0.15, 0.2) is 0 Å². The van der Waals surface area contributed by atoms with Gasteiger partial charge in [0.15, 0.2) is 0 Å². The molecule has 5 atom stereocenters. The average molecular weight is 477 g/mol. The number of nitrogens with one attached hydrogen (secondary N) is 3. The molecule has 0 heterocycles. The molecule has 0 aliphatic carbocycles. The summed E-state index contributed by atoms with van der Waals surface area (Å²) in [5, 5.41) is 16.2. The first kappa shape index (κ1) is 29.1. The minimum absolute atomic E-state index is 0.0834. The van der Waals surface area contributed by atoms with Crippen LogP contribution in [0.4, 0.5) is 0 Å². The van der Waals surface area contributed by atoms with Crippen molar-refractivity contribution in [2.75, 3.05) is 5.75 Å². The number of carbonyl (C=O) groups is 6. The summed E-state index contributed by atoms with van der Waals surface area (Å²) in [7, 11) is 0. The molecule has 10 N–H and O–H groups in total. The van der Waals surface area contributed by atoms with Crippen molar-refractivity contribution in [1.82, 2.24) is 16.0 Å². The molecule has 0 aliphatic rings. The zero-order valence-electron chi connectivity index (χ0n) is 18.0.